The molecule has 1 atom stereocenters. The van der Waals surface area contributed by atoms with Gasteiger partial charge >= 0.3 is 0 Å². The Labute approximate surface area is 119 Å². The zero-order chi connectivity index (χ0) is 13.8. The van der Waals surface area contributed by atoms with Crippen molar-refractivity contribution < 1.29 is 0 Å². The summed E-state index contributed by atoms with van der Waals surface area (Å²) in [6, 6.07) is 5.01. The molecule has 106 valence electrons. The van der Waals surface area contributed by atoms with E-state index in [-0.39, 0.29) is 6.04 Å². The monoisotopic (exact) mass is 271 g/mol. The molecule has 0 aromatic carbocycles. The molecule has 0 bridgehead atoms. The summed E-state index contributed by atoms with van der Waals surface area (Å²) in [7, 11) is 0. The number of piperidine rings is 1. The van der Waals surface area contributed by atoms with Crippen LogP contribution in [0, 0.1) is 0 Å². The highest BCUT2D eigenvalue weighted by molar-refractivity contribution is 5.44. The molecule has 0 amide bonds. The van der Waals surface area contributed by atoms with Gasteiger partial charge in [0.05, 0.1) is 6.04 Å². The maximum atomic E-state index is 4.31. The van der Waals surface area contributed by atoms with E-state index in [0.717, 1.165) is 31.8 Å². The Morgan fingerprint density at radius 3 is 2.65 bits per heavy atom. The van der Waals surface area contributed by atoms with E-state index in [1.165, 1.54) is 5.69 Å². The number of anilines is 1. The molecule has 5 heteroatoms. The molecular weight excluding hydrogens is 250 g/mol. The third-order valence-corrected chi connectivity index (χ3v) is 3.94. The van der Waals surface area contributed by atoms with Gasteiger partial charge in [-0.3, -0.25) is 4.98 Å². The van der Waals surface area contributed by atoms with E-state index in [9.17, 15) is 0 Å². The Morgan fingerprint density at radius 2 is 2.00 bits per heavy atom. The van der Waals surface area contributed by atoms with Crippen molar-refractivity contribution >= 4 is 5.69 Å². The van der Waals surface area contributed by atoms with Gasteiger partial charge in [0.1, 0.15) is 5.82 Å². The molecule has 1 fully saturated rings. The SMILES string of the molecule is CC(NC1CCN(c2ccncc2)CC1)c1ncc[nH]1. The third kappa shape index (κ3) is 2.99. The summed E-state index contributed by atoms with van der Waals surface area (Å²) in [5.41, 5.74) is 1.28. The van der Waals surface area contributed by atoms with Crippen molar-refractivity contribution in [3.05, 3.63) is 42.7 Å². The van der Waals surface area contributed by atoms with Crippen LogP contribution in [0.4, 0.5) is 5.69 Å². The normalized spacial score (nSPS) is 18.1. The first-order chi connectivity index (χ1) is 9.83. The summed E-state index contributed by atoms with van der Waals surface area (Å²) in [6.45, 7) is 4.34. The van der Waals surface area contributed by atoms with Crippen LogP contribution < -0.4 is 10.2 Å². The number of aromatic amines is 1. The molecule has 1 aliphatic heterocycles. The Morgan fingerprint density at radius 1 is 1.25 bits per heavy atom. The van der Waals surface area contributed by atoms with Gasteiger partial charge in [-0.1, -0.05) is 0 Å². The van der Waals surface area contributed by atoms with E-state index in [0.29, 0.717) is 6.04 Å². The second-order valence-corrected chi connectivity index (χ2v) is 5.33. The van der Waals surface area contributed by atoms with Crippen LogP contribution in [0.15, 0.2) is 36.9 Å². The van der Waals surface area contributed by atoms with Crippen LogP contribution >= 0.6 is 0 Å². The Balaban J connectivity index is 1.51. The van der Waals surface area contributed by atoms with Crippen molar-refractivity contribution in [3.63, 3.8) is 0 Å². The number of nitrogens with one attached hydrogen (secondary N) is 2. The van der Waals surface area contributed by atoms with Gasteiger partial charge in [0.15, 0.2) is 0 Å². The summed E-state index contributed by atoms with van der Waals surface area (Å²) in [5, 5.41) is 3.66. The zero-order valence-corrected chi connectivity index (χ0v) is 11.8. The first-order valence-corrected chi connectivity index (χ1v) is 7.23. The molecule has 2 aromatic heterocycles. The van der Waals surface area contributed by atoms with E-state index >= 15 is 0 Å². The average molecular weight is 271 g/mol. The predicted molar refractivity (Wildman–Crippen MR) is 79.6 cm³/mol. The van der Waals surface area contributed by atoms with Gasteiger partial charge in [-0.05, 0) is 31.9 Å². The number of rotatable bonds is 4. The first kappa shape index (κ1) is 13.1. The highest BCUT2D eigenvalue weighted by Gasteiger charge is 2.21. The average Bonchev–Trinajstić information content (AvgIpc) is 3.03. The summed E-state index contributed by atoms with van der Waals surface area (Å²) < 4.78 is 0. The lowest BCUT2D eigenvalue weighted by atomic mass is 10.0. The van der Waals surface area contributed by atoms with Crippen molar-refractivity contribution in [2.75, 3.05) is 18.0 Å². The zero-order valence-electron chi connectivity index (χ0n) is 11.8. The fraction of sp³-hybridized carbons (Fsp3) is 0.467. The van der Waals surface area contributed by atoms with Crippen LogP contribution in [0.5, 0.6) is 0 Å². The molecule has 3 heterocycles. The number of pyridine rings is 1. The van der Waals surface area contributed by atoms with Crippen LogP contribution in [-0.2, 0) is 0 Å². The van der Waals surface area contributed by atoms with E-state index in [2.05, 4.69) is 44.2 Å². The lowest BCUT2D eigenvalue weighted by Gasteiger charge is -2.35. The van der Waals surface area contributed by atoms with Crippen molar-refractivity contribution in [2.24, 2.45) is 0 Å². The van der Waals surface area contributed by atoms with Crippen LogP contribution in [0.3, 0.4) is 0 Å². The van der Waals surface area contributed by atoms with Gasteiger partial charge < -0.3 is 15.2 Å². The molecule has 0 radical (unpaired) electrons. The first-order valence-electron chi connectivity index (χ1n) is 7.23. The summed E-state index contributed by atoms with van der Waals surface area (Å²) >= 11 is 0. The smallest absolute Gasteiger partial charge is 0.122 e. The fourth-order valence-corrected chi connectivity index (χ4v) is 2.81. The lowest BCUT2D eigenvalue weighted by molar-refractivity contribution is 0.375. The molecule has 1 unspecified atom stereocenters. The molecule has 1 aliphatic rings. The van der Waals surface area contributed by atoms with Crippen LogP contribution in [0.1, 0.15) is 31.6 Å². The van der Waals surface area contributed by atoms with E-state index in [4.69, 9.17) is 0 Å². The lowest BCUT2D eigenvalue weighted by Crippen LogP contribution is -2.43. The fourth-order valence-electron chi connectivity index (χ4n) is 2.81. The van der Waals surface area contributed by atoms with Gasteiger partial charge in [0, 0.05) is 49.6 Å². The molecule has 1 saturated heterocycles. The standard InChI is InChI=1S/C15H21N5/c1-12(15-17-8-9-18-15)19-13-4-10-20(11-5-13)14-2-6-16-7-3-14/h2-3,6-9,12-13,19H,4-5,10-11H2,1H3,(H,17,18). The van der Waals surface area contributed by atoms with E-state index in [1.54, 1.807) is 6.20 Å². The second kappa shape index (κ2) is 6.05. The minimum atomic E-state index is 0.280. The molecule has 0 aliphatic carbocycles. The molecule has 20 heavy (non-hydrogen) atoms. The van der Waals surface area contributed by atoms with Crippen molar-refractivity contribution in [2.45, 2.75) is 31.8 Å². The predicted octanol–water partition coefficient (Wildman–Crippen LogP) is 2.12. The summed E-state index contributed by atoms with van der Waals surface area (Å²) in [4.78, 5) is 14.0. The van der Waals surface area contributed by atoms with Gasteiger partial charge in [0.25, 0.3) is 0 Å². The quantitative estimate of drug-likeness (QED) is 0.894. The van der Waals surface area contributed by atoms with Crippen molar-refractivity contribution in [1.29, 1.82) is 0 Å². The number of imidazole rings is 1. The van der Waals surface area contributed by atoms with Crippen LogP contribution in [0.25, 0.3) is 0 Å². The molecule has 5 nitrogen and oxygen atoms in total. The van der Waals surface area contributed by atoms with Gasteiger partial charge in [0.2, 0.25) is 0 Å². The van der Waals surface area contributed by atoms with Crippen LogP contribution in [0.2, 0.25) is 0 Å². The van der Waals surface area contributed by atoms with E-state index in [1.807, 2.05) is 18.6 Å². The van der Waals surface area contributed by atoms with Gasteiger partial charge in [-0.2, -0.15) is 0 Å². The summed E-state index contributed by atoms with van der Waals surface area (Å²) in [5.74, 6) is 1.02. The largest absolute Gasteiger partial charge is 0.371 e. The minimum absolute atomic E-state index is 0.280. The number of aromatic nitrogens is 3. The highest BCUT2D eigenvalue weighted by atomic mass is 15.2. The maximum absolute atomic E-state index is 4.31. The Bertz CT molecular complexity index is 502. The molecule has 0 spiro atoms. The minimum Gasteiger partial charge on any atom is -0.371 e. The number of nitrogens with zero attached hydrogens (tertiary/aromatic N) is 3. The summed E-state index contributed by atoms with van der Waals surface area (Å²) in [6.07, 6.45) is 9.72. The Kier molecular flexibility index (Phi) is 3.97. The molecule has 2 aromatic rings. The van der Waals surface area contributed by atoms with Crippen LogP contribution in [-0.4, -0.2) is 34.1 Å². The van der Waals surface area contributed by atoms with Crippen molar-refractivity contribution in [3.8, 4) is 0 Å². The highest BCUT2D eigenvalue weighted by Crippen LogP contribution is 2.20. The second-order valence-electron chi connectivity index (χ2n) is 5.33. The van der Waals surface area contributed by atoms with E-state index < -0.39 is 0 Å². The van der Waals surface area contributed by atoms with Gasteiger partial charge in [-0.25, -0.2) is 4.98 Å². The molecule has 3 rings (SSSR count). The molecular formula is C15H21N5. The molecule has 2 N–H and O–H groups in total. The molecule has 0 saturated carbocycles. The topological polar surface area (TPSA) is 56.8 Å². The third-order valence-electron chi connectivity index (χ3n) is 3.94. The van der Waals surface area contributed by atoms with Gasteiger partial charge in [-0.15, -0.1) is 0 Å². The Hall–Kier alpha value is -1.88. The number of H-pyrrole nitrogens is 1. The number of hydrogen-bond donors (Lipinski definition) is 2. The number of hydrogen-bond acceptors (Lipinski definition) is 4. The van der Waals surface area contributed by atoms with Crippen molar-refractivity contribution in [1.82, 2.24) is 20.3 Å². The maximum Gasteiger partial charge on any atom is 0.122 e.